The molecule has 1 N–H and O–H groups in total. The molecule has 5 rings (SSSR count). The van der Waals surface area contributed by atoms with Crippen molar-refractivity contribution < 1.29 is 18.7 Å². The van der Waals surface area contributed by atoms with E-state index in [0.29, 0.717) is 22.2 Å². The molecule has 3 aromatic carbocycles. The topological polar surface area (TPSA) is 71.5 Å². The van der Waals surface area contributed by atoms with Gasteiger partial charge in [-0.25, -0.2) is 9.37 Å². The van der Waals surface area contributed by atoms with Crippen molar-refractivity contribution in [3.8, 4) is 27.6 Å². The van der Waals surface area contributed by atoms with Crippen molar-refractivity contribution in [3.05, 3.63) is 82.9 Å². The van der Waals surface area contributed by atoms with E-state index in [-0.39, 0.29) is 24.7 Å². The first-order valence-corrected chi connectivity index (χ1v) is 11.6. The van der Waals surface area contributed by atoms with E-state index >= 15 is 0 Å². The van der Waals surface area contributed by atoms with Gasteiger partial charge < -0.3 is 10.1 Å². The number of ether oxygens (including phenoxy) is 1. The van der Waals surface area contributed by atoms with E-state index in [1.54, 1.807) is 18.2 Å². The summed E-state index contributed by atoms with van der Waals surface area (Å²) in [7, 11) is 0. The molecule has 0 unspecified atom stereocenters. The molecule has 6 nitrogen and oxygen atoms in total. The fourth-order valence-electron chi connectivity index (χ4n) is 3.60. The van der Waals surface area contributed by atoms with Crippen LogP contribution in [0.15, 0.2) is 72.1 Å². The summed E-state index contributed by atoms with van der Waals surface area (Å²) in [6.45, 7) is -0.471. The van der Waals surface area contributed by atoms with E-state index in [1.807, 2.05) is 35.7 Å². The lowest BCUT2D eigenvalue weighted by molar-refractivity contribution is -0.123. The Labute approximate surface area is 203 Å². The van der Waals surface area contributed by atoms with Crippen LogP contribution in [0.2, 0.25) is 5.02 Å². The zero-order valence-corrected chi connectivity index (χ0v) is 19.2. The number of fused-ring (bicyclic) bond motifs is 1. The highest BCUT2D eigenvalue weighted by Gasteiger charge is 2.28. The number of para-hydroxylation sites is 1. The molecule has 0 saturated heterocycles. The van der Waals surface area contributed by atoms with Crippen molar-refractivity contribution in [1.29, 1.82) is 0 Å². The minimum absolute atomic E-state index is 0.0526. The fraction of sp³-hybridized carbons (Fsp3) is 0.0800. The number of rotatable bonds is 5. The number of aromatic nitrogens is 1. The molecule has 1 aliphatic rings. The molecule has 1 aromatic heterocycles. The first-order valence-electron chi connectivity index (χ1n) is 10.3. The van der Waals surface area contributed by atoms with Gasteiger partial charge in [0.25, 0.3) is 5.91 Å². The molecule has 9 heteroatoms. The molecule has 0 fully saturated rings. The normalized spacial score (nSPS) is 12.8. The Morgan fingerprint density at radius 1 is 1.15 bits per heavy atom. The van der Waals surface area contributed by atoms with Gasteiger partial charge in [0.15, 0.2) is 6.61 Å². The maximum Gasteiger partial charge on any atom is 0.265 e. The van der Waals surface area contributed by atoms with Crippen LogP contribution in [0, 0.1) is 5.82 Å². The first-order chi connectivity index (χ1) is 16.5. The third-order valence-electron chi connectivity index (χ3n) is 5.26. The Morgan fingerprint density at radius 2 is 1.94 bits per heavy atom. The fourth-order valence-corrected chi connectivity index (χ4v) is 4.74. The van der Waals surface area contributed by atoms with Crippen LogP contribution in [0.5, 0.6) is 5.75 Å². The Morgan fingerprint density at radius 3 is 2.76 bits per heavy atom. The molecule has 0 aliphatic carbocycles. The van der Waals surface area contributed by atoms with Gasteiger partial charge >= 0.3 is 0 Å². The number of amides is 2. The maximum absolute atomic E-state index is 13.9. The van der Waals surface area contributed by atoms with Crippen LogP contribution < -0.4 is 15.0 Å². The molecule has 2 heterocycles. The number of hydrogen-bond donors (Lipinski definition) is 1. The minimum Gasteiger partial charge on any atom is -0.482 e. The van der Waals surface area contributed by atoms with Crippen molar-refractivity contribution in [2.45, 2.75) is 0 Å². The van der Waals surface area contributed by atoms with Crippen molar-refractivity contribution in [1.82, 2.24) is 4.98 Å². The van der Waals surface area contributed by atoms with E-state index < -0.39 is 11.7 Å². The molecule has 0 saturated carbocycles. The van der Waals surface area contributed by atoms with Gasteiger partial charge in [-0.1, -0.05) is 41.9 Å². The number of benzene rings is 3. The van der Waals surface area contributed by atoms with Crippen LogP contribution in [0.25, 0.3) is 21.8 Å². The van der Waals surface area contributed by atoms with E-state index in [2.05, 4.69) is 5.32 Å². The number of carbonyl (C=O) groups is 2. The van der Waals surface area contributed by atoms with E-state index in [9.17, 15) is 14.0 Å². The Bertz CT molecular complexity index is 1410. The number of carbonyl (C=O) groups excluding carboxylic acids is 2. The van der Waals surface area contributed by atoms with Gasteiger partial charge in [-0.2, -0.15) is 0 Å². The summed E-state index contributed by atoms with van der Waals surface area (Å²) in [5.41, 5.74) is 2.80. The smallest absolute Gasteiger partial charge is 0.265 e. The van der Waals surface area contributed by atoms with Crippen LogP contribution in [0.1, 0.15) is 0 Å². The monoisotopic (exact) mass is 493 g/mol. The van der Waals surface area contributed by atoms with E-state index in [0.717, 1.165) is 16.1 Å². The predicted molar refractivity (Wildman–Crippen MR) is 131 cm³/mol. The third-order valence-corrected chi connectivity index (χ3v) is 6.46. The van der Waals surface area contributed by atoms with Gasteiger partial charge in [-0.15, -0.1) is 11.3 Å². The number of hydrogen-bond acceptors (Lipinski definition) is 5. The minimum atomic E-state index is -0.551. The molecule has 2 amide bonds. The molecule has 0 spiro atoms. The van der Waals surface area contributed by atoms with Crippen molar-refractivity contribution in [2.75, 3.05) is 23.4 Å². The lowest BCUT2D eigenvalue weighted by Crippen LogP contribution is -2.43. The van der Waals surface area contributed by atoms with Gasteiger partial charge in [-0.3, -0.25) is 14.5 Å². The summed E-state index contributed by atoms with van der Waals surface area (Å²) >= 11 is 7.76. The molecular formula is C25H17ClFN3O3S. The van der Waals surface area contributed by atoms with Crippen molar-refractivity contribution in [3.63, 3.8) is 0 Å². The average molecular weight is 494 g/mol. The zero-order chi connectivity index (χ0) is 23.7. The van der Waals surface area contributed by atoms with Gasteiger partial charge in [-0.05, 0) is 36.4 Å². The summed E-state index contributed by atoms with van der Waals surface area (Å²) in [4.78, 5) is 31.2. The lowest BCUT2D eigenvalue weighted by Gasteiger charge is -2.29. The molecule has 0 radical (unpaired) electrons. The number of nitrogens with zero attached hydrogens (tertiary/aromatic N) is 2. The van der Waals surface area contributed by atoms with E-state index in [4.69, 9.17) is 21.3 Å². The maximum atomic E-state index is 13.9. The SMILES string of the molecule is O=C(CN1C(=O)COc2ccc(-c3csc(-c4ccccc4Cl)n3)cc21)Nc1ccccc1F. The summed E-state index contributed by atoms with van der Waals surface area (Å²) < 4.78 is 19.5. The summed E-state index contributed by atoms with van der Waals surface area (Å²) in [5, 5.41) is 5.80. The second-order valence-corrected chi connectivity index (χ2v) is 8.76. The van der Waals surface area contributed by atoms with Crippen LogP contribution >= 0.6 is 22.9 Å². The molecule has 0 atom stereocenters. The van der Waals surface area contributed by atoms with E-state index in [1.165, 1.54) is 34.4 Å². The van der Waals surface area contributed by atoms with Crippen LogP contribution in [-0.4, -0.2) is 29.9 Å². The van der Waals surface area contributed by atoms with Crippen LogP contribution in [0.4, 0.5) is 15.8 Å². The third kappa shape index (κ3) is 4.37. The van der Waals surface area contributed by atoms with Gasteiger partial charge in [0.1, 0.15) is 23.1 Å². The Kier molecular flexibility index (Phi) is 6.00. The largest absolute Gasteiger partial charge is 0.482 e. The second kappa shape index (κ2) is 9.24. The van der Waals surface area contributed by atoms with Crippen LogP contribution in [0.3, 0.4) is 0 Å². The van der Waals surface area contributed by atoms with Crippen molar-refractivity contribution in [2.24, 2.45) is 0 Å². The highest BCUT2D eigenvalue weighted by molar-refractivity contribution is 7.13. The van der Waals surface area contributed by atoms with Crippen LogP contribution in [-0.2, 0) is 9.59 Å². The Balaban J connectivity index is 1.42. The van der Waals surface area contributed by atoms with Crippen molar-refractivity contribution >= 4 is 46.1 Å². The highest BCUT2D eigenvalue weighted by Crippen LogP contribution is 2.38. The zero-order valence-electron chi connectivity index (χ0n) is 17.6. The van der Waals surface area contributed by atoms with Gasteiger partial charge in [0.05, 0.1) is 22.1 Å². The summed E-state index contributed by atoms with van der Waals surface area (Å²) in [6.07, 6.45) is 0. The second-order valence-electron chi connectivity index (χ2n) is 7.50. The highest BCUT2D eigenvalue weighted by atomic mass is 35.5. The molecule has 34 heavy (non-hydrogen) atoms. The summed E-state index contributed by atoms with van der Waals surface area (Å²) in [6, 6.07) is 18.7. The lowest BCUT2D eigenvalue weighted by atomic mass is 10.1. The standard InChI is InChI=1S/C25H17ClFN3O3S/c26-17-6-2-1-5-16(17)25-29-20(14-34-25)15-9-10-22-21(11-15)30(24(32)13-33-22)12-23(31)28-19-8-4-3-7-18(19)27/h1-11,14H,12-13H2,(H,28,31). The van der Waals surface area contributed by atoms with Gasteiger partial charge in [0.2, 0.25) is 5.91 Å². The Hall–Kier alpha value is -3.75. The quantitative estimate of drug-likeness (QED) is 0.391. The molecule has 1 aliphatic heterocycles. The molecule has 0 bridgehead atoms. The summed E-state index contributed by atoms with van der Waals surface area (Å²) in [5.74, 6) is -0.969. The van der Waals surface area contributed by atoms with Gasteiger partial charge in [0, 0.05) is 16.5 Å². The number of nitrogens with one attached hydrogen (secondary N) is 1. The first kappa shape index (κ1) is 22.1. The number of anilines is 2. The number of thiazole rings is 1. The molecule has 4 aromatic rings. The number of halogens is 2. The molecular weight excluding hydrogens is 477 g/mol. The average Bonchev–Trinajstić information content (AvgIpc) is 3.32. The predicted octanol–water partition coefficient (Wildman–Crippen LogP) is 5.63. The molecule has 170 valence electrons.